The van der Waals surface area contributed by atoms with Crippen molar-refractivity contribution in [1.29, 1.82) is 0 Å². The fourth-order valence-electron chi connectivity index (χ4n) is 4.74. The Kier molecular flexibility index (Phi) is 8.15. The van der Waals surface area contributed by atoms with Crippen LogP contribution >= 0.6 is 0 Å². The first-order valence-corrected chi connectivity index (χ1v) is 11.3. The van der Waals surface area contributed by atoms with Gasteiger partial charge in [-0.3, -0.25) is 14.5 Å². The molecule has 0 spiro atoms. The third kappa shape index (κ3) is 5.07. The number of carbonyl (C=O) groups is 2. The third-order valence-electron chi connectivity index (χ3n) is 6.62. The molecule has 0 aliphatic carbocycles. The van der Waals surface area contributed by atoms with Crippen LogP contribution in [0.15, 0.2) is 54.6 Å². The van der Waals surface area contributed by atoms with Crippen LogP contribution in [0.5, 0.6) is 0 Å². The lowest BCUT2D eigenvalue weighted by molar-refractivity contribution is 0.0630. The van der Waals surface area contributed by atoms with Gasteiger partial charge in [0.1, 0.15) is 0 Å². The minimum atomic E-state index is -0.200. The summed E-state index contributed by atoms with van der Waals surface area (Å²) in [6, 6.07) is 18.0. The SMILES string of the molecule is CC(CCN)N1CCC(N[C@@H](CN2C(=O)c3ccccc3C2=O)c2ccccc2)CC1.N. The number of fused-ring (bicyclic) bond motifs is 1. The Morgan fingerprint density at radius 1 is 0.969 bits per heavy atom. The first-order chi connectivity index (χ1) is 15.1. The number of carbonyl (C=O) groups excluding carboxylic acids is 2. The highest BCUT2D eigenvalue weighted by molar-refractivity contribution is 6.21. The van der Waals surface area contributed by atoms with Crippen LogP contribution in [0.1, 0.15) is 58.5 Å². The Hall–Kier alpha value is -2.58. The van der Waals surface area contributed by atoms with Gasteiger partial charge in [0.2, 0.25) is 0 Å². The Bertz CT molecular complexity index is 877. The Balaban J connectivity index is 0.00000289. The quantitative estimate of drug-likeness (QED) is 0.547. The van der Waals surface area contributed by atoms with E-state index in [-0.39, 0.29) is 24.0 Å². The summed E-state index contributed by atoms with van der Waals surface area (Å²) in [6.45, 7) is 5.37. The maximum Gasteiger partial charge on any atom is 0.261 e. The van der Waals surface area contributed by atoms with E-state index in [9.17, 15) is 9.59 Å². The van der Waals surface area contributed by atoms with Crippen molar-refractivity contribution < 1.29 is 9.59 Å². The lowest BCUT2D eigenvalue weighted by Gasteiger charge is -2.38. The number of hydrogen-bond acceptors (Lipinski definition) is 6. The maximum absolute atomic E-state index is 12.9. The van der Waals surface area contributed by atoms with Crippen molar-refractivity contribution in [3.8, 4) is 0 Å². The Labute approximate surface area is 190 Å². The molecule has 2 atom stereocenters. The molecule has 0 bridgehead atoms. The summed E-state index contributed by atoms with van der Waals surface area (Å²) in [6.07, 6.45) is 3.10. The van der Waals surface area contributed by atoms with Gasteiger partial charge in [-0.05, 0) is 63.5 Å². The van der Waals surface area contributed by atoms with Gasteiger partial charge in [0.25, 0.3) is 11.8 Å². The molecule has 7 heteroatoms. The zero-order chi connectivity index (χ0) is 21.8. The molecule has 6 N–H and O–H groups in total. The van der Waals surface area contributed by atoms with E-state index in [2.05, 4.69) is 29.3 Å². The molecule has 0 aromatic heterocycles. The number of nitrogens with zero attached hydrogens (tertiary/aromatic N) is 2. The average Bonchev–Trinajstić information content (AvgIpc) is 3.05. The summed E-state index contributed by atoms with van der Waals surface area (Å²) in [4.78, 5) is 29.7. The molecule has 1 saturated heterocycles. The summed E-state index contributed by atoms with van der Waals surface area (Å²) in [5.41, 5.74) is 7.83. The largest absolute Gasteiger partial charge is 0.344 e. The third-order valence-corrected chi connectivity index (χ3v) is 6.62. The maximum atomic E-state index is 12.9. The number of likely N-dealkylation sites (tertiary alicyclic amines) is 1. The summed E-state index contributed by atoms with van der Waals surface area (Å²) in [5.74, 6) is -0.400. The van der Waals surface area contributed by atoms with E-state index >= 15 is 0 Å². The molecule has 7 nitrogen and oxygen atoms in total. The van der Waals surface area contributed by atoms with Gasteiger partial charge in [-0.25, -0.2) is 0 Å². The van der Waals surface area contributed by atoms with Crippen molar-refractivity contribution in [2.24, 2.45) is 5.73 Å². The summed E-state index contributed by atoms with van der Waals surface area (Å²) < 4.78 is 0. The van der Waals surface area contributed by atoms with E-state index in [0.29, 0.717) is 29.8 Å². The molecule has 1 unspecified atom stereocenters. The van der Waals surface area contributed by atoms with E-state index in [1.54, 1.807) is 24.3 Å². The molecule has 2 amide bonds. The number of piperidine rings is 1. The molecule has 172 valence electrons. The van der Waals surface area contributed by atoms with E-state index < -0.39 is 0 Å². The molecular weight excluding hydrogens is 402 g/mol. The first kappa shape index (κ1) is 24.1. The molecule has 0 radical (unpaired) electrons. The van der Waals surface area contributed by atoms with Crippen molar-refractivity contribution in [2.45, 2.75) is 44.3 Å². The molecule has 2 aliphatic heterocycles. The average molecular weight is 438 g/mol. The highest BCUT2D eigenvalue weighted by Crippen LogP contribution is 2.26. The van der Waals surface area contributed by atoms with Crippen molar-refractivity contribution in [3.05, 3.63) is 71.3 Å². The van der Waals surface area contributed by atoms with Gasteiger partial charge in [-0.2, -0.15) is 0 Å². The predicted octanol–water partition coefficient (Wildman–Crippen LogP) is 2.98. The fraction of sp³-hybridized carbons (Fsp3) is 0.440. The number of nitrogens with two attached hydrogens (primary N) is 1. The molecule has 2 heterocycles. The summed E-state index contributed by atoms with van der Waals surface area (Å²) in [7, 11) is 0. The monoisotopic (exact) mass is 437 g/mol. The van der Waals surface area contributed by atoms with E-state index in [1.165, 1.54) is 4.90 Å². The number of benzene rings is 2. The van der Waals surface area contributed by atoms with Crippen LogP contribution in [0.25, 0.3) is 0 Å². The molecular formula is C25H35N5O2. The van der Waals surface area contributed by atoms with Gasteiger partial charge < -0.3 is 22.1 Å². The van der Waals surface area contributed by atoms with Crippen LogP contribution < -0.4 is 17.2 Å². The zero-order valence-corrected chi connectivity index (χ0v) is 18.9. The minimum Gasteiger partial charge on any atom is -0.344 e. The number of hydrogen-bond donors (Lipinski definition) is 3. The zero-order valence-electron chi connectivity index (χ0n) is 18.9. The van der Waals surface area contributed by atoms with Crippen molar-refractivity contribution >= 4 is 11.8 Å². The molecule has 4 rings (SSSR count). The second-order valence-corrected chi connectivity index (χ2v) is 8.63. The van der Waals surface area contributed by atoms with E-state index in [4.69, 9.17) is 5.73 Å². The second kappa shape index (κ2) is 10.8. The number of rotatable bonds is 8. The summed E-state index contributed by atoms with van der Waals surface area (Å²) >= 11 is 0. The molecule has 2 aromatic carbocycles. The van der Waals surface area contributed by atoms with Gasteiger partial charge in [0, 0.05) is 18.6 Å². The molecule has 1 fully saturated rings. The van der Waals surface area contributed by atoms with Crippen molar-refractivity contribution in [1.82, 2.24) is 21.3 Å². The topological polar surface area (TPSA) is 114 Å². The number of nitrogens with one attached hydrogen (secondary N) is 1. The number of amides is 2. The smallest absolute Gasteiger partial charge is 0.261 e. The fourth-order valence-corrected chi connectivity index (χ4v) is 4.74. The second-order valence-electron chi connectivity index (χ2n) is 8.63. The Morgan fingerprint density at radius 2 is 1.53 bits per heavy atom. The number of imide groups is 1. The molecule has 2 aliphatic rings. The molecule has 0 saturated carbocycles. The lowest BCUT2D eigenvalue weighted by atomic mass is 9.99. The highest BCUT2D eigenvalue weighted by Gasteiger charge is 2.37. The Morgan fingerprint density at radius 3 is 2.09 bits per heavy atom. The van der Waals surface area contributed by atoms with Crippen molar-refractivity contribution in [2.75, 3.05) is 26.2 Å². The lowest BCUT2D eigenvalue weighted by Crippen LogP contribution is -2.49. The first-order valence-electron chi connectivity index (χ1n) is 11.3. The van der Waals surface area contributed by atoms with Crippen molar-refractivity contribution in [3.63, 3.8) is 0 Å². The molecule has 2 aromatic rings. The van der Waals surface area contributed by atoms with Crippen LogP contribution in [0.4, 0.5) is 0 Å². The summed E-state index contributed by atoms with van der Waals surface area (Å²) in [5, 5.41) is 3.76. The van der Waals surface area contributed by atoms with Gasteiger partial charge in [0.05, 0.1) is 17.2 Å². The van der Waals surface area contributed by atoms with Gasteiger partial charge in [0.15, 0.2) is 0 Å². The molecule has 32 heavy (non-hydrogen) atoms. The van der Waals surface area contributed by atoms with Gasteiger partial charge in [-0.15, -0.1) is 0 Å². The van der Waals surface area contributed by atoms with E-state index in [1.807, 2.05) is 18.2 Å². The van der Waals surface area contributed by atoms with Crippen LogP contribution in [0.3, 0.4) is 0 Å². The van der Waals surface area contributed by atoms with Crippen LogP contribution in [-0.4, -0.2) is 59.9 Å². The van der Waals surface area contributed by atoms with Gasteiger partial charge in [-0.1, -0.05) is 42.5 Å². The van der Waals surface area contributed by atoms with E-state index in [0.717, 1.165) is 44.5 Å². The highest BCUT2D eigenvalue weighted by atomic mass is 16.2. The minimum absolute atomic E-state index is 0. The van der Waals surface area contributed by atoms with Crippen LogP contribution in [0.2, 0.25) is 0 Å². The van der Waals surface area contributed by atoms with Crippen LogP contribution in [0, 0.1) is 0 Å². The van der Waals surface area contributed by atoms with Gasteiger partial charge >= 0.3 is 0 Å². The standard InChI is InChI=1S/C25H32N4O2.H3N/c1-18(11-14-26)28-15-12-20(13-16-28)27-23(19-7-3-2-4-8-19)17-29-24(30)21-9-5-6-10-22(21)25(29)31;/h2-10,18,20,23,27H,11-17,26H2,1H3;1H3/t18?,23-;/m0./s1. The predicted molar refractivity (Wildman–Crippen MR) is 127 cm³/mol. The normalized spacial score (nSPS) is 18.9. The van der Waals surface area contributed by atoms with Crippen LogP contribution in [-0.2, 0) is 0 Å².